The average molecular weight is 259 g/mol. The summed E-state index contributed by atoms with van der Waals surface area (Å²) in [5, 5.41) is 0. The molecule has 0 radical (unpaired) electrons. The molecule has 1 aliphatic carbocycles. The fourth-order valence-corrected chi connectivity index (χ4v) is 3.33. The topological polar surface area (TPSA) is 26.0 Å². The molecule has 2 N–H and O–H groups in total. The molecule has 1 aromatic carbocycles. The molecule has 1 atom stereocenters. The third-order valence-electron chi connectivity index (χ3n) is 4.96. The van der Waals surface area contributed by atoms with Gasteiger partial charge < -0.3 is 5.73 Å². The van der Waals surface area contributed by atoms with E-state index in [1.165, 1.54) is 43.2 Å². The van der Waals surface area contributed by atoms with E-state index >= 15 is 0 Å². The lowest BCUT2D eigenvalue weighted by Crippen LogP contribution is -2.26. The first-order valence-electron chi connectivity index (χ1n) is 7.97. The summed E-state index contributed by atoms with van der Waals surface area (Å²) in [6.07, 6.45) is 6.71. The van der Waals surface area contributed by atoms with Gasteiger partial charge in [-0.05, 0) is 41.7 Å². The highest BCUT2D eigenvalue weighted by Gasteiger charge is 2.25. The van der Waals surface area contributed by atoms with E-state index in [9.17, 15) is 0 Å². The highest BCUT2D eigenvalue weighted by atomic mass is 14.7. The van der Waals surface area contributed by atoms with Crippen molar-refractivity contribution in [3.8, 4) is 0 Å². The molecular weight excluding hydrogens is 230 g/mol. The van der Waals surface area contributed by atoms with Crippen LogP contribution in [0.25, 0.3) is 0 Å². The van der Waals surface area contributed by atoms with Crippen molar-refractivity contribution in [3.63, 3.8) is 0 Å². The van der Waals surface area contributed by atoms with Crippen molar-refractivity contribution in [2.75, 3.05) is 0 Å². The zero-order valence-corrected chi connectivity index (χ0v) is 12.7. The van der Waals surface area contributed by atoms with Crippen molar-refractivity contribution in [1.82, 2.24) is 0 Å². The van der Waals surface area contributed by atoms with Gasteiger partial charge in [0.05, 0.1) is 0 Å². The quantitative estimate of drug-likeness (QED) is 0.806. The van der Waals surface area contributed by atoms with Gasteiger partial charge in [0.25, 0.3) is 0 Å². The minimum Gasteiger partial charge on any atom is -0.324 e. The zero-order valence-electron chi connectivity index (χ0n) is 12.7. The lowest BCUT2D eigenvalue weighted by molar-refractivity contribution is 0.240. The molecule has 0 amide bonds. The van der Waals surface area contributed by atoms with Gasteiger partial charge in [-0.3, -0.25) is 0 Å². The van der Waals surface area contributed by atoms with Gasteiger partial charge in [0.1, 0.15) is 0 Å². The van der Waals surface area contributed by atoms with Gasteiger partial charge in [0.2, 0.25) is 0 Å². The third kappa shape index (κ3) is 3.60. The van der Waals surface area contributed by atoms with E-state index in [0.29, 0.717) is 11.8 Å². The third-order valence-corrected chi connectivity index (χ3v) is 4.96. The van der Waals surface area contributed by atoms with Crippen molar-refractivity contribution in [3.05, 3.63) is 35.4 Å². The van der Waals surface area contributed by atoms with Crippen LogP contribution in [0.3, 0.4) is 0 Å². The van der Waals surface area contributed by atoms with Crippen molar-refractivity contribution in [2.45, 2.75) is 64.8 Å². The molecule has 106 valence electrons. The Morgan fingerprint density at radius 2 is 1.53 bits per heavy atom. The molecule has 0 heterocycles. The van der Waals surface area contributed by atoms with E-state index in [4.69, 9.17) is 5.73 Å². The van der Waals surface area contributed by atoms with Gasteiger partial charge >= 0.3 is 0 Å². The molecule has 1 fully saturated rings. The fourth-order valence-electron chi connectivity index (χ4n) is 3.33. The largest absolute Gasteiger partial charge is 0.324 e. The first kappa shape index (κ1) is 14.6. The van der Waals surface area contributed by atoms with Crippen molar-refractivity contribution >= 4 is 0 Å². The van der Waals surface area contributed by atoms with Crippen LogP contribution in [0.1, 0.15) is 76.0 Å². The number of benzene rings is 1. The number of hydrogen-bond donors (Lipinski definition) is 1. The van der Waals surface area contributed by atoms with Crippen molar-refractivity contribution in [1.29, 1.82) is 0 Å². The van der Waals surface area contributed by atoms with Crippen molar-refractivity contribution in [2.24, 2.45) is 17.6 Å². The van der Waals surface area contributed by atoms with Gasteiger partial charge in [0, 0.05) is 6.04 Å². The standard InChI is InChI=1S/C18H29N/c1-4-14-5-7-16(8-6-14)18(19)17-11-9-15(10-12-17)13(2)3/h9-14,16,18H,4-8,19H2,1-3H3. The van der Waals surface area contributed by atoms with Crippen LogP contribution in [0.2, 0.25) is 0 Å². The van der Waals surface area contributed by atoms with E-state index < -0.39 is 0 Å². The molecule has 0 saturated heterocycles. The summed E-state index contributed by atoms with van der Waals surface area (Å²) in [5.74, 6) is 2.24. The summed E-state index contributed by atoms with van der Waals surface area (Å²) >= 11 is 0. The van der Waals surface area contributed by atoms with Crippen molar-refractivity contribution < 1.29 is 0 Å². The highest BCUT2D eigenvalue weighted by Crippen LogP contribution is 2.36. The second-order valence-electron chi connectivity index (χ2n) is 6.54. The Bertz CT molecular complexity index is 371. The molecule has 0 aromatic heterocycles. The second kappa shape index (κ2) is 6.56. The minimum atomic E-state index is 0.235. The minimum absolute atomic E-state index is 0.235. The van der Waals surface area contributed by atoms with Gasteiger partial charge in [0.15, 0.2) is 0 Å². The molecule has 1 aromatic rings. The van der Waals surface area contributed by atoms with E-state index in [0.717, 1.165) is 5.92 Å². The Hall–Kier alpha value is -0.820. The Labute approximate surface area is 118 Å². The van der Waals surface area contributed by atoms with Crippen LogP contribution in [-0.2, 0) is 0 Å². The van der Waals surface area contributed by atoms with E-state index in [-0.39, 0.29) is 6.04 Å². The summed E-state index contributed by atoms with van der Waals surface area (Å²) < 4.78 is 0. The van der Waals surface area contributed by atoms with Gasteiger partial charge in [-0.1, -0.05) is 64.3 Å². The summed E-state index contributed by atoms with van der Waals surface area (Å²) in [4.78, 5) is 0. The molecule has 0 bridgehead atoms. The molecule has 0 aliphatic heterocycles. The number of nitrogens with two attached hydrogens (primary N) is 1. The van der Waals surface area contributed by atoms with Crippen LogP contribution >= 0.6 is 0 Å². The summed E-state index contributed by atoms with van der Waals surface area (Å²) in [7, 11) is 0. The highest BCUT2D eigenvalue weighted by molar-refractivity contribution is 5.27. The maximum Gasteiger partial charge on any atom is 0.0323 e. The Kier molecular flexibility index (Phi) is 5.04. The first-order chi connectivity index (χ1) is 9.11. The van der Waals surface area contributed by atoms with E-state index in [1.54, 1.807) is 0 Å². The Balaban J connectivity index is 1.97. The van der Waals surface area contributed by atoms with Crippen LogP contribution in [0.5, 0.6) is 0 Å². The van der Waals surface area contributed by atoms with E-state index in [2.05, 4.69) is 45.0 Å². The molecular formula is C18H29N. The van der Waals surface area contributed by atoms with E-state index in [1.807, 2.05) is 0 Å². The second-order valence-corrected chi connectivity index (χ2v) is 6.54. The van der Waals surface area contributed by atoms with Gasteiger partial charge in [-0.2, -0.15) is 0 Å². The van der Waals surface area contributed by atoms with Crippen LogP contribution in [0.15, 0.2) is 24.3 Å². The lowest BCUT2D eigenvalue weighted by Gasteiger charge is -2.32. The number of rotatable bonds is 4. The molecule has 2 rings (SSSR count). The van der Waals surface area contributed by atoms with Crippen LogP contribution in [0.4, 0.5) is 0 Å². The maximum absolute atomic E-state index is 6.48. The van der Waals surface area contributed by atoms with Crippen LogP contribution in [0, 0.1) is 11.8 Å². The molecule has 1 aliphatic rings. The van der Waals surface area contributed by atoms with Gasteiger partial charge in [-0.25, -0.2) is 0 Å². The average Bonchev–Trinajstić information content (AvgIpc) is 2.46. The summed E-state index contributed by atoms with van der Waals surface area (Å²) in [6.45, 7) is 6.79. The van der Waals surface area contributed by atoms with Crippen LogP contribution in [-0.4, -0.2) is 0 Å². The smallest absolute Gasteiger partial charge is 0.0323 e. The predicted octanol–water partition coefficient (Wildman–Crippen LogP) is 5.03. The molecule has 1 unspecified atom stereocenters. The molecule has 1 saturated carbocycles. The fraction of sp³-hybridized carbons (Fsp3) is 0.667. The Morgan fingerprint density at radius 3 is 2.00 bits per heavy atom. The lowest BCUT2D eigenvalue weighted by atomic mass is 9.76. The first-order valence-corrected chi connectivity index (χ1v) is 7.97. The maximum atomic E-state index is 6.48. The molecule has 19 heavy (non-hydrogen) atoms. The molecule has 1 nitrogen and oxygen atoms in total. The number of hydrogen-bond acceptors (Lipinski definition) is 1. The van der Waals surface area contributed by atoms with Gasteiger partial charge in [-0.15, -0.1) is 0 Å². The monoisotopic (exact) mass is 259 g/mol. The molecule has 0 spiro atoms. The zero-order chi connectivity index (χ0) is 13.8. The SMILES string of the molecule is CCC1CCC(C(N)c2ccc(C(C)C)cc2)CC1. The normalized spacial score (nSPS) is 25.5. The Morgan fingerprint density at radius 1 is 1.00 bits per heavy atom. The van der Waals surface area contributed by atoms with Crippen LogP contribution < -0.4 is 5.73 Å². The predicted molar refractivity (Wildman–Crippen MR) is 83.2 cm³/mol. The summed E-state index contributed by atoms with van der Waals surface area (Å²) in [5.41, 5.74) is 9.21. The molecule has 1 heteroatoms. The summed E-state index contributed by atoms with van der Waals surface area (Å²) in [6, 6.07) is 9.21.